The van der Waals surface area contributed by atoms with Crippen molar-refractivity contribution in [1.82, 2.24) is 9.80 Å². The molecule has 2 bridgehead atoms. The lowest BCUT2D eigenvalue weighted by atomic mass is 9.73. The summed E-state index contributed by atoms with van der Waals surface area (Å²) in [4.78, 5) is 17.2. The van der Waals surface area contributed by atoms with E-state index in [-0.39, 0.29) is 17.5 Å². The number of hydrogen-bond donors (Lipinski definition) is 1. The van der Waals surface area contributed by atoms with Crippen LogP contribution in [0.4, 0.5) is 4.79 Å². The normalized spacial score (nSPS) is 28.3. The zero-order valence-electron chi connectivity index (χ0n) is 20.1. The van der Waals surface area contributed by atoms with Gasteiger partial charge in [0.15, 0.2) is 0 Å². The third-order valence-electron chi connectivity index (χ3n) is 9.00. The molecule has 1 spiro atoms. The molecule has 180 valence electrons. The largest absolute Gasteiger partial charge is 0.496 e. The lowest BCUT2D eigenvalue weighted by molar-refractivity contribution is -0.0243. The minimum Gasteiger partial charge on any atom is -0.496 e. The average Bonchev–Trinajstić information content (AvgIpc) is 3.65. The molecule has 7 rings (SSSR count). The number of amides is 1. The maximum absolute atomic E-state index is 12.8. The first-order valence-electron chi connectivity index (χ1n) is 12.6. The molecule has 1 unspecified atom stereocenters. The summed E-state index contributed by atoms with van der Waals surface area (Å²) in [6.07, 6.45) is 5.79. The lowest BCUT2D eigenvalue weighted by Gasteiger charge is -2.52. The molecule has 2 atom stereocenters. The van der Waals surface area contributed by atoms with E-state index in [2.05, 4.69) is 23.1 Å². The van der Waals surface area contributed by atoms with Gasteiger partial charge in [-0.15, -0.1) is 0 Å². The summed E-state index contributed by atoms with van der Waals surface area (Å²) in [5, 5.41) is 10.5. The first kappa shape index (κ1) is 21.8. The minimum absolute atomic E-state index is 0.0482. The van der Waals surface area contributed by atoms with Gasteiger partial charge in [-0.2, -0.15) is 0 Å². The Morgan fingerprint density at radius 3 is 2.32 bits per heavy atom. The predicted octanol–water partition coefficient (Wildman–Crippen LogP) is 5.21. The summed E-state index contributed by atoms with van der Waals surface area (Å²) in [5.41, 5.74) is 4.59. The number of carbonyl (C=O) groups is 1. The number of methoxy groups -OCH3 is 2. The highest BCUT2D eigenvalue weighted by molar-refractivity contribution is 5.78. The number of piperidine rings is 3. The zero-order valence-corrected chi connectivity index (χ0v) is 20.1. The third-order valence-corrected chi connectivity index (χ3v) is 9.00. The van der Waals surface area contributed by atoms with Gasteiger partial charge in [0.2, 0.25) is 0 Å². The fourth-order valence-electron chi connectivity index (χ4n) is 7.05. The van der Waals surface area contributed by atoms with Gasteiger partial charge in [-0.1, -0.05) is 24.3 Å². The number of carboxylic acid groups (broad SMARTS) is 1. The first-order valence-corrected chi connectivity index (χ1v) is 12.6. The lowest BCUT2D eigenvalue weighted by Crippen LogP contribution is -2.60. The molecular formula is C28H34N2O4. The average molecular weight is 463 g/mol. The standard InChI is InChI=1S/C28H34N2O4/c1-33-23-4-3-5-24(34-2)25(23)20-6-7-21-19(16-20)8-11-28(12-13-28)26(21)30(27(31)32)22-17-29-14-9-18(22)10-15-29/h3-7,16,18,22,26H,8-15,17H2,1-2H3,(H,31,32)/t22?,26-/m1/s1. The topological polar surface area (TPSA) is 62.2 Å². The minimum atomic E-state index is -0.752. The number of rotatable bonds is 5. The smallest absolute Gasteiger partial charge is 0.408 e. The Morgan fingerprint density at radius 2 is 1.76 bits per heavy atom. The van der Waals surface area contributed by atoms with E-state index in [1.54, 1.807) is 14.2 Å². The van der Waals surface area contributed by atoms with Crippen LogP contribution in [0.5, 0.6) is 11.5 Å². The van der Waals surface area contributed by atoms with Gasteiger partial charge in [-0.25, -0.2) is 4.79 Å². The molecule has 6 nitrogen and oxygen atoms in total. The van der Waals surface area contributed by atoms with Crippen molar-refractivity contribution in [1.29, 1.82) is 0 Å². The molecule has 1 amide bonds. The summed E-state index contributed by atoms with van der Waals surface area (Å²) in [5.74, 6) is 2.05. The maximum Gasteiger partial charge on any atom is 0.408 e. The number of nitrogens with zero attached hydrogens (tertiary/aromatic N) is 2. The highest BCUT2D eigenvalue weighted by Crippen LogP contribution is 2.64. The second-order valence-electron chi connectivity index (χ2n) is 10.6. The van der Waals surface area contributed by atoms with Gasteiger partial charge in [0.1, 0.15) is 11.5 Å². The molecule has 1 N–H and O–H groups in total. The predicted molar refractivity (Wildman–Crippen MR) is 131 cm³/mol. The summed E-state index contributed by atoms with van der Waals surface area (Å²) >= 11 is 0. The molecule has 2 aromatic rings. The summed E-state index contributed by atoms with van der Waals surface area (Å²) in [7, 11) is 3.37. The van der Waals surface area contributed by atoms with Crippen molar-refractivity contribution in [2.24, 2.45) is 11.3 Å². The van der Waals surface area contributed by atoms with E-state index in [1.165, 1.54) is 11.1 Å². The molecule has 2 aromatic carbocycles. The molecule has 5 aliphatic rings. The molecule has 0 aromatic heterocycles. The van der Waals surface area contributed by atoms with Crippen molar-refractivity contribution in [2.45, 2.75) is 50.6 Å². The van der Waals surface area contributed by atoms with Crippen molar-refractivity contribution >= 4 is 6.09 Å². The fraction of sp³-hybridized carbons (Fsp3) is 0.536. The van der Waals surface area contributed by atoms with Crippen LogP contribution in [0.2, 0.25) is 0 Å². The summed E-state index contributed by atoms with van der Waals surface area (Å²) in [6.45, 7) is 3.12. The van der Waals surface area contributed by atoms with Crippen LogP contribution in [0.25, 0.3) is 11.1 Å². The van der Waals surface area contributed by atoms with Gasteiger partial charge in [-0.3, -0.25) is 4.90 Å². The van der Waals surface area contributed by atoms with Crippen molar-refractivity contribution < 1.29 is 19.4 Å². The summed E-state index contributed by atoms with van der Waals surface area (Å²) < 4.78 is 11.3. The zero-order chi connectivity index (χ0) is 23.4. The fourth-order valence-corrected chi connectivity index (χ4v) is 7.05. The van der Waals surface area contributed by atoms with Gasteiger partial charge in [0, 0.05) is 6.54 Å². The Balaban J connectivity index is 1.43. The number of ether oxygens (including phenoxy) is 2. The van der Waals surface area contributed by atoms with Crippen LogP contribution in [0.1, 0.15) is 49.3 Å². The van der Waals surface area contributed by atoms with E-state index in [1.807, 2.05) is 23.1 Å². The Labute approximate surface area is 201 Å². The van der Waals surface area contributed by atoms with Gasteiger partial charge >= 0.3 is 6.09 Å². The molecule has 0 radical (unpaired) electrons. The SMILES string of the molecule is COc1cccc(OC)c1-c1ccc2c(c1)CCC1(CC1)[C@@H]2N(C(=O)O)C1CN2CCC1CC2. The van der Waals surface area contributed by atoms with Crippen molar-refractivity contribution in [2.75, 3.05) is 33.9 Å². The van der Waals surface area contributed by atoms with E-state index < -0.39 is 6.09 Å². The van der Waals surface area contributed by atoms with E-state index in [9.17, 15) is 9.90 Å². The Bertz CT molecular complexity index is 1080. The number of aryl methyl sites for hydroxylation is 1. The van der Waals surface area contributed by atoms with Crippen LogP contribution in [-0.4, -0.2) is 60.9 Å². The first-order chi connectivity index (χ1) is 16.5. The van der Waals surface area contributed by atoms with Gasteiger partial charge < -0.3 is 19.5 Å². The maximum atomic E-state index is 12.8. The van der Waals surface area contributed by atoms with E-state index in [0.29, 0.717) is 5.92 Å². The van der Waals surface area contributed by atoms with Gasteiger partial charge in [0.05, 0.1) is 31.9 Å². The molecular weight excluding hydrogens is 428 g/mol. The molecule has 6 heteroatoms. The van der Waals surface area contributed by atoms with Crippen molar-refractivity contribution in [3.05, 3.63) is 47.5 Å². The van der Waals surface area contributed by atoms with Crippen LogP contribution < -0.4 is 9.47 Å². The van der Waals surface area contributed by atoms with Crippen LogP contribution in [0.3, 0.4) is 0 Å². The summed E-state index contributed by atoms with van der Waals surface area (Å²) in [6, 6.07) is 12.5. The van der Waals surface area contributed by atoms with Crippen molar-refractivity contribution in [3.8, 4) is 22.6 Å². The van der Waals surface area contributed by atoms with Crippen LogP contribution in [0.15, 0.2) is 36.4 Å². The molecule has 2 aliphatic carbocycles. The number of fused-ring (bicyclic) bond motifs is 4. The van der Waals surface area contributed by atoms with E-state index in [0.717, 1.165) is 80.8 Å². The molecule has 4 fully saturated rings. The highest BCUT2D eigenvalue weighted by Gasteiger charge is 2.57. The number of hydrogen-bond acceptors (Lipinski definition) is 4. The van der Waals surface area contributed by atoms with Crippen LogP contribution in [0, 0.1) is 11.3 Å². The van der Waals surface area contributed by atoms with E-state index >= 15 is 0 Å². The van der Waals surface area contributed by atoms with Gasteiger partial charge in [0.25, 0.3) is 0 Å². The highest BCUT2D eigenvalue weighted by atomic mass is 16.5. The van der Waals surface area contributed by atoms with Crippen LogP contribution in [-0.2, 0) is 6.42 Å². The molecule has 34 heavy (non-hydrogen) atoms. The molecule has 1 saturated carbocycles. The third kappa shape index (κ3) is 3.37. The second kappa shape index (κ2) is 8.19. The van der Waals surface area contributed by atoms with Crippen molar-refractivity contribution in [3.63, 3.8) is 0 Å². The Morgan fingerprint density at radius 1 is 1.06 bits per heavy atom. The second-order valence-corrected chi connectivity index (χ2v) is 10.6. The van der Waals surface area contributed by atoms with Gasteiger partial charge in [-0.05, 0) is 91.8 Å². The van der Waals surface area contributed by atoms with E-state index in [4.69, 9.17) is 9.47 Å². The Hall–Kier alpha value is -2.73. The Kier molecular flexibility index (Phi) is 5.25. The quantitative estimate of drug-likeness (QED) is 0.661. The molecule has 3 heterocycles. The molecule has 3 aliphatic heterocycles. The monoisotopic (exact) mass is 462 g/mol. The number of benzene rings is 2. The van der Waals surface area contributed by atoms with Crippen LogP contribution >= 0.6 is 0 Å². The molecule has 3 saturated heterocycles.